The molecule has 1 aromatic heterocycles. The van der Waals surface area contributed by atoms with Gasteiger partial charge in [0, 0.05) is 48.9 Å². The van der Waals surface area contributed by atoms with Crippen molar-refractivity contribution in [2.24, 2.45) is 0 Å². The molecule has 0 aliphatic carbocycles. The van der Waals surface area contributed by atoms with Crippen molar-refractivity contribution >= 4 is 35.4 Å². The van der Waals surface area contributed by atoms with Gasteiger partial charge in [0.05, 0.1) is 22.0 Å². The Balaban J connectivity index is 1.94. The molecule has 1 amide bonds. The van der Waals surface area contributed by atoms with E-state index in [1.165, 1.54) is 19.2 Å². The predicted molar refractivity (Wildman–Crippen MR) is 137 cm³/mol. The number of hydrogen-bond donors (Lipinski definition) is 6. The zero-order chi connectivity index (χ0) is 25.4. The lowest BCUT2D eigenvalue weighted by molar-refractivity contribution is -0.116. The number of carbonyl (C=O) groups is 1. The van der Waals surface area contributed by atoms with Crippen LogP contribution in [0.4, 0.5) is 10.2 Å². The maximum Gasteiger partial charge on any atom is 0.254 e. The van der Waals surface area contributed by atoms with E-state index >= 15 is 0 Å². The highest BCUT2D eigenvalue weighted by atomic mass is 35.5. The fourth-order valence-electron chi connectivity index (χ4n) is 3.20. The van der Waals surface area contributed by atoms with Crippen LogP contribution in [0.25, 0.3) is 0 Å². The van der Waals surface area contributed by atoms with Crippen molar-refractivity contribution < 1.29 is 9.18 Å². The molecule has 0 atom stereocenters. The third kappa shape index (κ3) is 6.64. The van der Waals surface area contributed by atoms with Gasteiger partial charge in [-0.15, -0.1) is 0 Å². The van der Waals surface area contributed by atoms with Crippen molar-refractivity contribution in [1.29, 1.82) is 10.8 Å². The number of benzene rings is 1. The second-order valence-electron chi connectivity index (χ2n) is 7.46. The van der Waals surface area contributed by atoms with E-state index in [1.807, 2.05) is 19.1 Å². The molecular weight excluding hydrogens is 469 g/mol. The van der Waals surface area contributed by atoms with Crippen molar-refractivity contribution in [1.82, 2.24) is 20.9 Å². The van der Waals surface area contributed by atoms with Crippen LogP contribution in [0.1, 0.15) is 11.3 Å². The highest BCUT2D eigenvalue weighted by molar-refractivity contribution is 6.30. The van der Waals surface area contributed by atoms with Gasteiger partial charge in [-0.05, 0) is 37.3 Å². The zero-order valence-electron chi connectivity index (χ0n) is 19.2. The molecule has 0 saturated heterocycles. The van der Waals surface area contributed by atoms with Gasteiger partial charge in [0.1, 0.15) is 17.5 Å². The first-order chi connectivity index (χ1) is 16.8. The number of amides is 1. The molecule has 2 heterocycles. The van der Waals surface area contributed by atoms with Crippen molar-refractivity contribution in [3.63, 3.8) is 0 Å². The summed E-state index contributed by atoms with van der Waals surface area (Å²) in [5, 5.41) is 27.6. The lowest BCUT2D eigenvalue weighted by Crippen LogP contribution is -2.25. The van der Waals surface area contributed by atoms with Crippen LogP contribution in [0.3, 0.4) is 0 Å². The SMILES string of the molecule is CNC(=O)/C(C=N)=C1C=C(/C(=C/C(=N)NCc2cccc(Cl)c2F)Nc2cccc(C)n2)C=CN\1. The Labute approximate surface area is 207 Å². The first-order valence-corrected chi connectivity index (χ1v) is 11.0. The molecule has 1 aromatic carbocycles. The van der Waals surface area contributed by atoms with Crippen LogP contribution in [0.15, 0.2) is 83.4 Å². The van der Waals surface area contributed by atoms with Gasteiger partial charge in [0.25, 0.3) is 5.91 Å². The average Bonchev–Trinajstić information content (AvgIpc) is 2.85. The minimum atomic E-state index is -0.534. The van der Waals surface area contributed by atoms with E-state index in [2.05, 4.69) is 26.3 Å². The Kier molecular flexibility index (Phi) is 8.53. The number of anilines is 1. The Hall–Kier alpha value is -4.24. The summed E-state index contributed by atoms with van der Waals surface area (Å²) in [7, 11) is 1.49. The van der Waals surface area contributed by atoms with Crippen LogP contribution in [-0.2, 0) is 11.3 Å². The third-order valence-corrected chi connectivity index (χ3v) is 5.25. The topological polar surface area (TPSA) is 126 Å². The van der Waals surface area contributed by atoms with Crippen molar-refractivity contribution in [3.8, 4) is 0 Å². The van der Waals surface area contributed by atoms with Gasteiger partial charge in [0.15, 0.2) is 0 Å². The van der Waals surface area contributed by atoms with Crippen LogP contribution in [-0.4, -0.2) is 30.0 Å². The Morgan fingerprint density at radius 2 is 2.03 bits per heavy atom. The molecule has 0 fully saturated rings. The molecule has 35 heavy (non-hydrogen) atoms. The number of likely N-dealkylation sites (N-methyl/N-ethyl adjacent to an activating group) is 1. The Bertz CT molecular complexity index is 1280. The number of amidine groups is 1. The number of carbonyl (C=O) groups excluding carboxylic acids is 1. The molecule has 10 heteroatoms. The largest absolute Gasteiger partial charge is 0.366 e. The zero-order valence-corrected chi connectivity index (χ0v) is 19.9. The van der Waals surface area contributed by atoms with E-state index in [4.69, 9.17) is 22.4 Å². The minimum Gasteiger partial charge on any atom is -0.366 e. The van der Waals surface area contributed by atoms with E-state index in [0.29, 0.717) is 28.3 Å². The molecule has 6 N–H and O–H groups in total. The number of aromatic nitrogens is 1. The summed E-state index contributed by atoms with van der Waals surface area (Å²) in [6.45, 7) is 1.93. The number of aryl methyl sites for hydroxylation is 1. The molecule has 1 aliphatic heterocycles. The van der Waals surface area contributed by atoms with Crippen LogP contribution in [0.5, 0.6) is 0 Å². The number of allylic oxidation sites excluding steroid dienone is 2. The molecule has 0 radical (unpaired) electrons. The quantitative estimate of drug-likeness (QED) is 0.189. The van der Waals surface area contributed by atoms with Gasteiger partial charge in [-0.25, -0.2) is 9.37 Å². The van der Waals surface area contributed by atoms with Crippen LogP contribution >= 0.6 is 11.6 Å². The molecule has 180 valence electrons. The number of dihydropyridines is 1. The fourth-order valence-corrected chi connectivity index (χ4v) is 3.40. The van der Waals surface area contributed by atoms with Gasteiger partial charge in [-0.1, -0.05) is 29.8 Å². The average molecular weight is 494 g/mol. The number of pyridine rings is 1. The second-order valence-corrected chi connectivity index (χ2v) is 7.86. The van der Waals surface area contributed by atoms with E-state index in [-0.39, 0.29) is 23.0 Å². The summed E-state index contributed by atoms with van der Waals surface area (Å²) in [5.41, 5.74) is 2.83. The first kappa shape index (κ1) is 25.4. The summed E-state index contributed by atoms with van der Waals surface area (Å²) in [5.74, 6) is -0.378. The lowest BCUT2D eigenvalue weighted by atomic mass is 10.0. The summed E-state index contributed by atoms with van der Waals surface area (Å²) in [4.78, 5) is 16.6. The normalized spacial score (nSPS) is 14.4. The smallest absolute Gasteiger partial charge is 0.254 e. The maximum absolute atomic E-state index is 14.2. The van der Waals surface area contributed by atoms with Crippen molar-refractivity contribution in [2.45, 2.75) is 13.5 Å². The number of halogens is 2. The van der Waals surface area contributed by atoms with E-state index in [9.17, 15) is 9.18 Å². The van der Waals surface area contributed by atoms with Crippen LogP contribution in [0, 0.1) is 23.6 Å². The maximum atomic E-state index is 14.2. The first-order valence-electron chi connectivity index (χ1n) is 10.6. The second kappa shape index (κ2) is 11.8. The molecule has 8 nitrogen and oxygen atoms in total. The minimum absolute atomic E-state index is 0.0106. The lowest BCUT2D eigenvalue weighted by Gasteiger charge is -2.18. The summed E-state index contributed by atoms with van der Waals surface area (Å²) in [6.07, 6.45) is 7.59. The van der Waals surface area contributed by atoms with E-state index in [0.717, 1.165) is 11.9 Å². The summed E-state index contributed by atoms with van der Waals surface area (Å²) >= 11 is 5.85. The molecule has 0 spiro atoms. The summed E-state index contributed by atoms with van der Waals surface area (Å²) < 4.78 is 14.2. The van der Waals surface area contributed by atoms with Crippen LogP contribution < -0.4 is 21.3 Å². The van der Waals surface area contributed by atoms with Crippen LogP contribution in [0.2, 0.25) is 5.02 Å². The Morgan fingerprint density at radius 3 is 2.74 bits per heavy atom. The van der Waals surface area contributed by atoms with Gasteiger partial charge in [-0.2, -0.15) is 0 Å². The highest BCUT2D eigenvalue weighted by Gasteiger charge is 2.15. The van der Waals surface area contributed by atoms with E-state index in [1.54, 1.807) is 36.6 Å². The highest BCUT2D eigenvalue weighted by Crippen LogP contribution is 2.21. The molecule has 2 aromatic rings. The van der Waals surface area contributed by atoms with E-state index < -0.39 is 11.7 Å². The molecule has 0 saturated carbocycles. The molecule has 1 aliphatic rings. The van der Waals surface area contributed by atoms with Gasteiger partial charge in [0.2, 0.25) is 0 Å². The molecule has 0 bridgehead atoms. The molecular formula is C25H25ClFN7O. The summed E-state index contributed by atoms with van der Waals surface area (Å²) in [6, 6.07) is 10.2. The number of nitrogens with one attached hydrogen (secondary N) is 6. The molecule has 0 unspecified atom stereocenters. The number of nitrogens with zero attached hydrogens (tertiary/aromatic N) is 1. The van der Waals surface area contributed by atoms with Gasteiger partial charge >= 0.3 is 0 Å². The molecule has 3 rings (SSSR count). The van der Waals surface area contributed by atoms with Gasteiger partial charge in [-0.3, -0.25) is 10.2 Å². The Morgan fingerprint density at radius 1 is 1.26 bits per heavy atom. The van der Waals surface area contributed by atoms with Gasteiger partial charge < -0.3 is 26.7 Å². The van der Waals surface area contributed by atoms with Crippen molar-refractivity contribution in [3.05, 3.63) is 105 Å². The predicted octanol–water partition coefficient (Wildman–Crippen LogP) is 3.94. The fraction of sp³-hybridized carbons (Fsp3) is 0.120. The number of rotatable bonds is 8. The standard InChI is InChI=1S/C25H25ClFN7O/c1-15-5-3-8-23(33-15)34-20(12-22(29)32-14-17-6-4-7-19(26)24(17)27)16-9-10-31-21(11-16)18(13-28)25(35)30-2/h3-13,28,31H,14H2,1-2H3,(H2,29,32)(H,30,35)(H,33,34)/b20-12-,21-18+,28-13?. The number of hydrogen-bond acceptors (Lipinski definition) is 6. The monoisotopic (exact) mass is 493 g/mol. The van der Waals surface area contributed by atoms with Crippen molar-refractivity contribution in [2.75, 3.05) is 12.4 Å². The third-order valence-electron chi connectivity index (χ3n) is 4.96.